The first-order valence-electron chi connectivity index (χ1n) is 6.09. The summed E-state index contributed by atoms with van der Waals surface area (Å²) in [5.74, 6) is -0.0904. The second-order valence-corrected chi connectivity index (χ2v) is 6.07. The molecule has 0 aliphatic carbocycles. The van der Waals surface area contributed by atoms with Crippen LogP contribution in [-0.4, -0.2) is 36.8 Å². The lowest BCUT2D eigenvalue weighted by molar-refractivity contribution is 0.0450. The molecule has 1 unspecified atom stereocenters. The number of aliphatic hydroxyl groups is 1. The number of anilines is 2. The predicted octanol–water partition coefficient (Wildman–Crippen LogP) is 0.789. The molecule has 1 aromatic rings. The first-order valence-corrected chi connectivity index (χ1v) is 6.91. The van der Waals surface area contributed by atoms with Gasteiger partial charge in [-0.1, -0.05) is 0 Å². The van der Waals surface area contributed by atoms with Gasteiger partial charge in [-0.15, -0.1) is 11.3 Å². The number of rotatable bonds is 3. The van der Waals surface area contributed by atoms with Crippen LogP contribution in [0.25, 0.3) is 0 Å². The fourth-order valence-corrected chi connectivity index (χ4v) is 3.47. The molecule has 1 aliphatic heterocycles. The van der Waals surface area contributed by atoms with E-state index < -0.39 is 11.5 Å². The molecule has 0 radical (unpaired) electrons. The van der Waals surface area contributed by atoms with Crippen molar-refractivity contribution in [1.29, 1.82) is 0 Å². The lowest BCUT2D eigenvalue weighted by atomic mass is 9.95. The number of hydrogen-bond donors (Lipinski definition) is 3. The summed E-state index contributed by atoms with van der Waals surface area (Å²) in [4.78, 5) is 13.6. The minimum atomic E-state index is -0.741. The summed E-state index contributed by atoms with van der Waals surface area (Å²) >= 11 is 1.22. The van der Waals surface area contributed by atoms with Crippen molar-refractivity contribution in [2.45, 2.75) is 25.4 Å². The zero-order chi connectivity index (χ0) is 14.2. The largest absolute Gasteiger partial charge is 0.492 e. The molecule has 1 saturated heterocycles. The molecule has 2 rings (SSSR count). The molecule has 0 spiro atoms. The molecular weight excluding hydrogens is 266 g/mol. The van der Waals surface area contributed by atoms with Gasteiger partial charge < -0.3 is 26.2 Å². The fourth-order valence-electron chi connectivity index (χ4n) is 2.40. The van der Waals surface area contributed by atoms with E-state index in [2.05, 4.69) is 0 Å². The number of hydrogen-bond acceptors (Lipinski definition) is 6. The van der Waals surface area contributed by atoms with Gasteiger partial charge in [-0.2, -0.15) is 0 Å². The molecule has 1 aliphatic rings. The third-order valence-electron chi connectivity index (χ3n) is 3.27. The molecular formula is C12H19N3O3S. The highest BCUT2D eigenvalue weighted by Gasteiger charge is 2.32. The van der Waals surface area contributed by atoms with E-state index in [1.54, 1.807) is 6.92 Å². The monoisotopic (exact) mass is 285 g/mol. The number of ether oxygens (including phenoxy) is 1. The average Bonchev–Trinajstić information content (AvgIpc) is 2.65. The molecule has 0 saturated carbocycles. The standard InChI is InChI=1S/C12H19N3O3S/c1-12(17)4-3-5-15(6-12)11-8(18-2)7(13)9(19-11)10(14)16/h17H,3-6,13H2,1-2H3,(H2,14,16). The fraction of sp³-hybridized carbons (Fsp3) is 0.583. The minimum Gasteiger partial charge on any atom is -0.492 e. The second-order valence-electron chi connectivity index (χ2n) is 5.07. The lowest BCUT2D eigenvalue weighted by Crippen LogP contribution is -2.46. The number of nitrogens with two attached hydrogens (primary N) is 2. The number of thiophene rings is 1. The summed E-state index contributed by atoms with van der Waals surface area (Å²) in [6, 6.07) is 0. The number of carbonyl (C=O) groups excluding carboxylic acids is 1. The molecule has 0 bridgehead atoms. The van der Waals surface area contributed by atoms with E-state index in [0.29, 0.717) is 17.2 Å². The first-order chi connectivity index (χ1) is 8.85. The smallest absolute Gasteiger partial charge is 0.261 e. The quantitative estimate of drug-likeness (QED) is 0.762. The van der Waals surface area contributed by atoms with Crippen LogP contribution in [0.15, 0.2) is 0 Å². The van der Waals surface area contributed by atoms with Gasteiger partial charge in [-0.25, -0.2) is 0 Å². The van der Waals surface area contributed by atoms with Gasteiger partial charge in [0, 0.05) is 13.1 Å². The molecule has 0 aromatic carbocycles. The van der Waals surface area contributed by atoms with E-state index in [1.807, 2.05) is 4.90 Å². The molecule has 5 N–H and O–H groups in total. The zero-order valence-electron chi connectivity index (χ0n) is 11.1. The number of piperidine rings is 1. The Kier molecular flexibility index (Phi) is 3.60. The van der Waals surface area contributed by atoms with Gasteiger partial charge in [0.2, 0.25) is 0 Å². The molecule has 1 amide bonds. The number of nitrogen functional groups attached to an aromatic ring is 1. The van der Waals surface area contributed by atoms with Gasteiger partial charge in [0.15, 0.2) is 5.75 Å². The van der Waals surface area contributed by atoms with Gasteiger partial charge in [-0.3, -0.25) is 4.79 Å². The van der Waals surface area contributed by atoms with Gasteiger partial charge in [-0.05, 0) is 19.8 Å². The van der Waals surface area contributed by atoms with E-state index in [1.165, 1.54) is 18.4 Å². The van der Waals surface area contributed by atoms with Crippen LogP contribution in [0.2, 0.25) is 0 Å². The van der Waals surface area contributed by atoms with E-state index in [0.717, 1.165) is 24.4 Å². The Morgan fingerprint density at radius 2 is 2.26 bits per heavy atom. The average molecular weight is 285 g/mol. The Balaban J connectivity index is 2.39. The van der Waals surface area contributed by atoms with Crippen molar-refractivity contribution in [3.05, 3.63) is 4.88 Å². The van der Waals surface area contributed by atoms with E-state index in [4.69, 9.17) is 16.2 Å². The maximum Gasteiger partial charge on any atom is 0.261 e. The topological polar surface area (TPSA) is 102 Å². The van der Waals surface area contributed by atoms with Crippen molar-refractivity contribution in [3.63, 3.8) is 0 Å². The summed E-state index contributed by atoms with van der Waals surface area (Å²) in [7, 11) is 1.51. The maximum atomic E-state index is 11.3. The van der Waals surface area contributed by atoms with E-state index >= 15 is 0 Å². The van der Waals surface area contributed by atoms with Crippen LogP contribution in [0, 0.1) is 0 Å². The number of carbonyl (C=O) groups is 1. The molecule has 1 aromatic heterocycles. The van der Waals surface area contributed by atoms with Crippen molar-refractivity contribution in [2.75, 3.05) is 30.8 Å². The summed E-state index contributed by atoms with van der Waals surface area (Å²) < 4.78 is 5.28. The number of primary amides is 1. The van der Waals surface area contributed by atoms with Crippen LogP contribution >= 0.6 is 11.3 Å². The van der Waals surface area contributed by atoms with Crippen LogP contribution < -0.4 is 21.1 Å². The number of β-amino-alcohol motifs (C(OH)–C–C–N with tert-alkyl or cyclic N) is 1. The Morgan fingerprint density at radius 3 is 2.79 bits per heavy atom. The number of methoxy groups -OCH3 is 1. The summed E-state index contributed by atoms with van der Waals surface area (Å²) in [6.45, 7) is 3.09. The molecule has 6 nitrogen and oxygen atoms in total. The highest BCUT2D eigenvalue weighted by Crippen LogP contribution is 2.45. The molecule has 2 heterocycles. The van der Waals surface area contributed by atoms with Crippen molar-refractivity contribution < 1.29 is 14.6 Å². The Hall–Kier alpha value is -1.47. The Morgan fingerprint density at radius 1 is 1.58 bits per heavy atom. The van der Waals surface area contributed by atoms with E-state index in [9.17, 15) is 9.90 Å². The SMILES string of the molecule is COc1c(N2CCCC(C)(O)C2)sc(C(N)=O)c1N. The molecule has 1 atom stereocenters. The normalized spacial score (nSPS) is 23.4. The van der Waals surface area contributed by atoms with Crippen molar-refractivity contribution in [2.24, 2.45) is 5.73 Å². The maximum absolute atomic E-state index is 11.3. The van der Waals surface area contributed by atoms with E-state index in [-0.39, 0.29) is 5.69 Å². The summed E-state index contributed by atoms with van der Waals surface area (Å²) in [5.41, 5.74) is 10.7. The van der Waals surface area contributed by atoms with Gasteiger partial charge >= 0.3 is 0 Å². The highest BCUT2D eigenvalue weighted by atomic mass is 32.1. The van der Waals surface area contributed by atoms with Gasteiger partial charge in [0.25, 0.3) is 5.91 Å². The second kappa shape index (κ2) is 4.90. The Labute approximate surface area is 115 Å². The molecule has 106 valence electrons. The third-order valence-corrected chi connectivity index (χ3v) is 4.53. The highest BCUT2D eigenvalue weighted by molar-refractivity contribution is 7.19. The number of nitrogens with zero attached hydrogens (tertiary/aromatic N) is 1. The van der Waals surface area contributed by atoms with Crippen LogP contribution in [0.1, 0.15) is 29.4 Å². The number of amides is 1. The summed E-state index contributed by atoms with van der Waals surface area (Å²) in [5, 5.41) is 10.9. The predicted molar refractivity (Wildman–Crippen MR) is 75.9 cm³/mol. The minimum absolute atomic E-state index is 0.278. The van der Waals surface area contributed by atoms with Gasteiger partial charge in [0.05, 0.1) is 12.7 Å². The van der Waals surface area contributed by atoms with Crippen molar-refractivity contribution in [3.8, 4) is 5.75 Å². The van der Waals surface area contributed by atoms with Crippen LogP contribution in [0.3, 0.4) is 0 Å². The Bertz CT molecular complexity index is 499. The molecule has 7 heteroatoms. The van der Waals surface area contributed by atoms with Gasteiger partial charge in [0.1, 0.15) is 15.6 Å². The summed E-state index contributed by atoms with van der Waals surface area (Å²) in [6.07, 6.45) is 1.63. The molecule has 19 heavy (non-hydrogen) atoms. The van der Waals surface area contributed by atoms with Crippen LogP contribution in [0.5, 0.6) is 5.75 Å². The van der Waals surface area contributed by atoms with Crippen molar-refractivity contribution in [1.82, 2.24) is 0 Å². The van der Waals surface area contributed by atoms with Crippen LogP contribution in [-0.2, 0) is 0 Å². The third kappa shape index (κ3) is 2.62. The molecule has 1 fully saturated rings. The van der Waals surface area contributed by atoms with Crippen LogP contribution in [0.4, 0.5) is 10.7 Å². The first kappa shape index (κ1) is 14.0. The zero-order valence-corrected chi connectivity index (χ0v) is 11.9. The van der Waals surface area contributed by atoms with Crippen molar-refractivity contribution >= 4 is 27.9 Å². The lowest BCUT2D eigenvalue weighted by Gasteiger charge is -2.37.